The molecule has 3 rings (SSSR count). The first-order valence-electron chi connectivity index (χ1n) is 9.02. The molecule has 27 heavy (non-hydrogen) atoms. The largest absolute Gasteiger partial charge is 0.456 e. The molecule has 2 fully saturated rings. The molecule has 3 amide bonds. The minimum atomic E-state index is -0.628. The average molecular weight is 393 g/mol. The van der Waals surface area contributed by atoms with Crippen molar-refractivity contribution in [1.29, 1.82) is 0 Å². The summed E-state index contributed by atoms with van der Waals surface area (Å²) in [7, 11) is 0. The lowest BCUT2D eigenvalue weighted by Crippen LogP contribution is -2.33. The van der Waals surface area contributed by atoms with Crippen molar-refractivity contribution in [1.82, 2.24) is 4.90 Å². The molecule has 2 atom stereocenters. The Morgan fingerprint density at radius 2 is 1.67 bits per heavy atom. The van der Waals surface area contributed by atoms with Crippen LogP contribution in [0.2, 0.25) is 5.02 Å². The maximum absolute atomic E-state index is 12.3. The van der Waals surface area contributed by atoms with Crippen LogP contribution < -0.4 is 5.32 Å². The predicted molar refractivity (Wildman–Crippen MR) is 97.8 cm³/mol. The maximum Gasteiger partial charge on any atom is 0.308 e. The van der Waals surface area contributed by atoms with Gasteiger partial charge in [0.2, 0.25) is 11.8 Å². The molecule has 1 saturated heterocycles. The standard InChI is InChI=1S/C19H21ClN2O5/c20-12-5-7-13(8-6-12)21-16(23)11-27-17(24)9-10-22-18(25)14-3-1-2-4-15(14)19(22)26/h5-8,14-15H,1-4,9-11H2,(H,21,23)/t14-,15+. The highest BCUT2D eigenvalue weighted by molar-refractivity contribution is 6.30. The molecule has 7 nitrogen and oxygen atoms in total. The zero-order chi connectivity index (χ0) is 19.4. The van der Waals surface area contributed by atoms with E-state index in [-0.39, 0.29) is 36.6 Å². The van der Waals surface area contributed by atoms with Crippen molar-refractivity contribution in [2.24, 2.45) is 11.8 Å². The summed E-state index contributed by atoms with van der Waals surface area (Å²) in [6.07, 6.45) is 3.27. The summed E-state index contributed by atoms with van der Waals surface area (Å²) in [5.74, 6) is -1.93. The Balaban J connectivity index is 1.42. The number of likely N-dealkylation sites (tertiary alicyclic amines) is 1. The highest BCUT2D eigenvalue weighted by Gasteiger charge is 2.47. The molecule has 1 aliphatic heterocycles. The molecule has 0 unspecified atom stereocenters. The van der Waals surface area contributed by atoms with Gasteiger partial charge < -0.3 is 10.1 Å². The number of nitrogens with zero attached hydrogens (tertiary/aromatic N) is 1. The summed E-state index contributed by atoms with van der Waals surface area (Å²) in [5.41, 5.74) is 0.538. The van der Waals surface area contributed by atoms with Crippen molar-refractivity contribution in [3.05, 3.63) is 29.3 Å². The third-order valence-corrected chi connectivity index (χ3v) is 5.22. The molecule has 1 heterocycles. The Labute approximate surface area is 162 Å². The number of amides is 3. The van der Waals surface area contributed by atoms with Crippen molar-refractivity contribution in [2.75, 3.05) is 18.5 Å². The first-order chi connectivity index (χ1) is 13.0. The molecule has 0 spiro atoms. The first-order valence-corrected chi connectivity index (χ1v) is 9.40. The van der Waals surface area contributed by atoms with Crippen LogP contribution in [0.5, 0.6) is 0 Å². The van der Waals surface area contributed by atoms with Crippen LogP contribution >= 0.6 is 11.6 Å². The molecule has 1 aliphatic carbocycles. The van der Waals surface area contributed by atoms with E-state index in [9.17, 15) is 19.2 Å². The van der Waals surface area contributed by atoms with E-state index in [1.54, 1.807) is 24.3 Å². The van der Waals surface area contributed by atoms with E-state index < -0.39 is 18.5 Å². The summed E-state index contributed by atoms with van der Waals surface area (Å²) in [6, 6.07) is 6.52. The van der Waals surface area contributed by atoms with Gasteiger partial charge in [-0.05, 0) is 37.1 Å². The summed E-state index contributed by atoms with van der Waals surface area (Å²) < 4.78 is 4.92. The van der Waals surface area contributed by atoms with Crippen molar-refractivity contribution in [3.63, 3.8) is 0 Å². The van der Waals surface area contributed by atoms with Crippen LogP contribution in [0.1, 0.15) is 32.1 Å². The smallest absolute Gasteiger partial charge is 0.308 e. The van der Waals surface area contributed by atoms with E-state index in [4.69, 9.17) is 16.3 Å². The maximum atomic E-state index is 12.3. The molecular weight excluding hydrogens is 372 g/mol. The van der Waals surface area contributed by atoms with Gasteiger partial charge in [-0.2, -0.15) is 0 Å². The van der Waals surface area contributed by atoms with Gasteiger partial charge in [0, 0.05) is 17.3 Å². The number of ether oxygens (including phenoxy) is 1. The fourth-order valence-corrected chi connectivity index (χ4v) is 3.73. The predicted octanol–water partition coefficient (Wildman–Crippen LogP) is 2.39. The summed E-state index contributed by atoms with van der Waals surface area (Å²) in [4.78, 5) is 49.5. The van der Waals surface area contributed by atoms with E-state index in [0.717, 1.165) is 25.7 Å². The van der Waals surface area contributed by atoms with E-state index >= 15 is 0 Å². The van der Waals surface area contributed by atoms with Crippen molar-refractivity contribution < 1.29 is 23.9 Å². The molecule has 0 radical (unpaired) electrons. The second-order valence-corrected chi connectivity index (χ2v) is 7.23. The molecule has 0 aromatic heterocycles. The molecule has 2 aliphatic rings. The minimum Gasteiger partial charge on any atom is -0.456 e. The normalized spacial score (nSPS) is 21.7. The average Bonchev–Trinajstić information content (AvgIpc) is 2.91. The lowest BCUT2D eigenvalue weighted by molar-refractivity contribution is -0.148. The van der Waals surface area contributed by atoms with Crippen LogP contribution in [0.3, 0.4) is 0 Å². The Morgan fingerprint density at radius 1 is 1.07 bits per heavy atom. The molecule has 0 bridgehead atoms. The monoisotopic (exact) mass is 392 g/mol. The number of esters is 1. The van der Waals surface area contributed by atoms with Crippen molar-refractivity contribution in [2.45, 2.75) is 32.1 Å². The van der Waals surface area contributed by atoms with Gasteiger partial charge in [-0.3, -0.25) is 24.1 Å². The number of carbonyl (C=O) groups is 4. The molecule has 144 valence electrons. The summed E-state index contributed by atoms with van der Waals surface area (Å²) in [5, 5.41) is 3.12. The fourth-order valence-electron chi connectivity index (χ4n) is 3.60. The first kappa shape index (κ1) is 19.4. The Hall–Kier alpha value is -2.41. The van der Waals surface area contributed by atoms with Crippen LogP contribution in [0, 0.1) is 11.8 Å². The van der Waals surface area contributed by atoms with Gasteiger partial charge >= 0.3 is 5.97 Å². The Morgan fingerprint density at radius 3 is 2.26 bits per heavy atom. The zero-order valence-electron chi connectivity index (χ0n) is 14.8. The number of nitrogens with one attached hydrogen (secondary N) is 1. The van der Waals surface area contributed by atoms with Crippen LogP contribution in [0.25, 0.3) is 0 Å². The van der Waals surface area contributed by atoms with Crippen LogP contribution in [0.4, 0.5) is 5.69 Å². The highest BCUT2D eigenvalue weighted by atomic mass is 35.5. The van der Waals surface area contributed by atoms with Crippen molar-refractivity contribution >= 4 is 41.0 Å². The summed E-state index contributed by atoms with van der Waals surface area (Å²) >= 11 is 5.77. The quantitative estimate of drug-likeness (QED) is 0.592. The molecule has 8 heteroatoms. The lowest BCUT2D eigenvalue weighted by Gasteiger charge is -2.19. The molecule has 1 saturated carbocycles. The molecular formula is C19H21ClN2O5. The molecule has 1 N–H and O–H groups in total. The second kappa shape index (κ2) is 8.52. The Kier molecular flexibility index (Phi) is 6.11. The highest BCUT2D eigenvalue weighted by Crippen LogP contribution is 2.37. The number of fused-ring (bicyclic) bond motifs is 1. The third kappa shape index (κ3) is 4.66. The number of hydrogen-bond donors (Lipinski definition) is 1. The lowest BCUT2D eigenvalue weighted by atomic mass is 9.81. The molecule has 1 aromatic rings. The van der Waals surface area contributed by atoms with Gasteiger partial charge in [0.1, 0.15) is 0 Å². The number of anilines is 1. The van der Waals surface area contributed by atoms with Gasteiger partial charge in [-0.25, -0.2) is 0 Å². The number of carbonyl (C=O) groups excluding carboxylic acids is 4. The Bertz CT molecular complexity index is 725. The van der Waals surface area contributed by atoms with E-state index in [0.29, 0.717) is 10.7 Å². The van der Waals surface area contributed by atoms with E-state index in [1.807, 2.05) is 0 Å². The topological polar surface area (TPSA) is 92.8 Å². The zero-order valence-corrected chi connectivity index (χ0v) is 15.5. The SMILES string of the molecule is O=C(COC(=O)CCN1C(=O)[C@H]2CCCC[C@H]2C1=O)Nc1ccc(Cl)cc1. The van der Waals surface area contributed by atoms with Crippen LogP contribution in [0.15, 0.2) is 24.3 Å². The number of benzene rings is 1. The van der Waals surface area contributed by atoms with Gasteiger partial charge in [0.15, 0.2) is 6.61 Å². The second-order valence-electron chi connectivity index (χ2n) is 6.79. The number of halogens is 1. The summed E-state index contributed by atoms with van der Waals surface area (Å²) in [6.45, 7) is -0.434. The van der Waals surface area contributed by atoms with Gasteiger partial charge in [0.05, 0.1) is 18.3 Å². The van der Waals surface area contributed by atoms with Crippen LogP contribution in [-0.4, -0.2) is 41.7 Å². The number of hydrogen-bond acceptors (Lipinski definition) is 5. The van der Waals surface area contributed by atoms with Crippen molar-refractivity contribution in [3.8, 4) is 0 Å². The van der Waals surface area contributed by atoms with Gasteiger partial charge in [0.25, 0.3) is 5.91 Å². The minimum absolute atomic E-state index is 0.00229. The van der Waals surface area contributed by atoms with Gasteiger partial charge in [-0.1, -0.05) is 24.4 Å². The molecule has 1 aromatic carbocycles. The van der Waals surface area contributed by atoms with Gasteiger partial charge in [-0.15, -0.1) is 0 Å². The van der Waals surface area contributed by atoms with E-state index in [1.165, 1.54) is 4.90 Å². The van der Waals surface area contributed by atoms with E-state index in [2.05, 4.69) is 5.32 Å². The fraction of sp³-hybridized carbons (Fsp3) is 0.474. The van der Waals surface area contributed by atoms with Crippen LogP contribution in [-0.2, 0) is 23.9 Å². The number of imide groups is 1. The third-order valence-electron chi connectivity index (χ3n) is 4.96. The number of rotatable bonds is 6.